The van der Waals surface area contributed by atoms with E-state index in [0.717, 1.165) is 0 Å². The molecule has 0 bridgehead atoms. The molecule has 0 rings (SSSR count). The van der Waals surface area contributed by atoms with Crippen LogP contribution in [0.5, 0.6) is 0 Å². The quantitative estimate of drug-likeness (QED) is 0.286. The molecular formula is C5H7KO2. The Balaban J connectivity index is -0.000000125. The monoisotopic (exact) mass is 138 g/mol. The summed E-state index contributed by atoms with van der Waals surface area (Å²) in [6.45, 7) is 3.24. The Morgan fingerprint density at radius 1 is 1.62 bits per heavy atom. The molecule has 40 valence electrons. The van der Waals surface area contributed by atoms with Gasteiger partial charge in [0.1, 0.15) is 6.61 Å². The molecule has 0 spiro atoms. The molecule has 0 aromatic carbocycles. The van der Waals surface area contributed by atoms with Gasteiger partial charge in [-0.2, -0.15) is 0 Å². The molecule has 0 saturated heterocycles. The number of hydrogen-bond acceptors (Lipinski definition) is 2. The smallest absolute Gasteiger partial charge is 0.870 e. The minimum absolute atomic E-state index is 0. The van der Waals surface area contributed by atoms with Gasteiger partial charge in [0.05, 0.1) is 0 Å². The average Bonchev–Trinajstić information content (AvgIpc) is 1.61. The molecule has 0 unspecified atom stereocenters. The molecule has 0 aliphatic rings. The third kappa shape index (κ3) is 15.8. The zero-order valence-electron chi connectivity index (χ0n) is 4.89. The minimum atomic E-state index is -0.0774. The number of hydrogen-bond donors (Lipinski definition) is 1. The van der Waals surface area contributed by atoms with Gasteiger partial charge in [0, 0.05) is 0 Å². The second-order valence-corrected chi connectivity index (χ2v) is 0.683. The van der Waals surface area contributed by atoms with E-state index in [4.69, 9.17) is 5.11 Å². The first-order valence-electron chi connectivity index (χ1n) is 1.62. The second kappa shape index (κ2) is 15.7. The summed E-state index contributed by atoms with van der Waals surface area (Å²) >= 11 is 0. The van der Waals surface area contributed by atoms with Gasteiger partial charge in [0.2, 0.25) is 0 Å². The fourth-order valence-electron chi connectivity index (χ4n) is 0.118. The summed E-state index contributed by atoms with van der Waals surface area (Å²) in [5.41, 5.74) is 0. The molecule has 0 heterocycles. The Morgan fingerprint density at radius 3 is 2.25 bits per heavy atom. The van der Waals surface area contributed by atoms with Gasteiger partial charge < -0.3 is 10.6 Å². The summed E-state index contributed by atoms with van der Waals surface area (Å²) in [6, 6.07) is 0. The summed E-state index contributed by atoms with van der Waals surface area (Å²) < 4.78 is 0. The third-order valence-electron chi connectivity index (χ3n) is 0.283. The largest absolute Gasteiger partial charge is 1.00 e. The van der Waals surface area contributed by atoms with E-state index < -0.39 is 0 Å². The predicted octanol–water partition coefficient (Wildman–Crippen LogP) is -3.00. The molecule has 2 nitrogen and oxygen atoms in total. The Morgan fingerprint density at radius 2 is 2.12 bits per heavy atom. The van der Waals surface area contributed by atoms with Gasteiger partial charge >= 0.3 is 51.4 Å². The number of aliphatic hydroxyl groups is 1. The van der Waals surface area contributed by atoms with Gasteiger partial charge in [-0.25, -0.2) is 0 Å². The van der Waals surface area contributed by atoms with Gasteiger partial charge in [-0.1, -0.05) is 18.4 Å². The van der Waals surface area contributed by atoms with Crippen molar-refractivity contribution in [2.24, 2.45) is 0 Å². The van der Waals surface area contributed by atoms with Crippen molar-refractivity contribution in [3.8, 4) is 11.8 Å². The van der Waals surface area contributed by atoms with E-state index in [1.54, 1.807) is 0 Å². The van der Waals surface area contributed by atoms with Gasteiger partial charge in [0.15, 0.2) is 0 Å². The van der Waals surface area contributed by atoms with Crippen LogP contribution >= 0.6 is 0 Å². The molecular weight excluding hydrogens is 131 g/mol. The van der Waals surface area contributed by atoms with Crippen LogP contribution in [0.2, 0.25) is 0 Å². The van der Waals surface area contributed by atoms with Gasteiger partial charge in [-0.3, -0.25) is 0 Å². The van der Waals surface area contributed by atoms with Crippen molar-refractivity contribution in [3.05, 3.63) is 12.7 Å². The maximum absolute atomic E-state index is 7.98. The first-order valence-corrected chi connectivity index (χ1v) is 1.62. The van der Waals surface area contributed by atoms with Crippen molar-refractivity contribution in [1.82, 2.24) is 0 Å². The van der Waals surface area contributed by atoms with E-state index in [1.165, 1.54) is 6.08 Å². The summed E-state index contributed by atoms with van der Waals surface area (Å²) in [5, 5.41) is 7.98. The molecule has 0 aliphatic heterocycles. The third-order valence-corrected chi connectivity index (χ3v) is 0.283. The Hall–Kier alpha value is 0.856. The van der Waals surface area contributed by atoms with Gasteiger partial charge in [0.25, 0.3) is 0 Å². The van der Waals surface area contributed by atoms with Crippen LogP contribution in [0.25, 0.3) is 0 Å². The van der Waals surface area contributed by atoms with Gasteiger partial charge in [-0.05, 0) is 6.08 Å². The van der Waals surface area contributed by atoms with Crippen molar-refractivity contribution in [3.63, 3.8) is 0 Å². The van der Waals surface area contributed by atoms with E-state index in [1.807, 2.05) is 0 Å². The normalized spacial score (nSPS) is 4.12. The summed E-state index contributed by atoms with van der Waals surface area (Å²) in [6.07, 6.45) is 1.44. The number of aliphatic hydroxyl groups excluding tert-OH is 1. The summed E-state index contributed by atoms with van der Waals surface area (Å²) in [7, 11) is 0. The molecule has 0 saturated carbocycles. The molecule has 3 heteroatoms. The fraction of sp³-hybridized carbons (Fsp3) is 0.200. The Bertz CT molecular complexity index is 90.3. The molecule has 0 atom stereocenters. The number of rotatable bonds is 0. The first kappa shape index (κ1) is 15.9. The van der Waals surface area contributed by atoms with Gasteiger partial charge in [-0.15, -0.1) is 0 Å². The van der Waals surface area contributed by atoms with Crippen LogP contribution in [-0.4, -0.2) is 17.2 Å². The summed E-state index contributed by atoms with van der Waals surface area (Å²) in [4.78, 5) is 0. The minimum Gasteiger partial charge on any atom is -0.870 e. The predicted molar refractivity (Wildman–Crippen MR) is 27.0 cm³/mol. The zero-order chi connectivity index (χ0) is 4.83. The van der Waals surface area contributed by atoms with E-state index in [0.29, 0.717) is 0 Å². The van der Waals surface area contributed by atoms with Crippen LogP contribution in [-0.2, 0) is 0 Å². The molecule has 0 radical (unpaired) electrons. The average molecular weight is 138 g/mol. The molecule has 8 heavy (non-hydrogen) atoms. The first-order chi connectivity index (χ1) is 2.91. The van der Waals surface area contributed by atoms with Crippen LogP contribution in [0.4, 0.5) is 0 Å². The molecule has 0 amide bonds. The SMILES string of the molecule is C=CC#CCO.[K+].[OH-]. The van der Waals surface area contributed by atoms with E-state index >= 15 is 0 Å². The zero-order valence-corrected chi connectivity index (χ0v) is 8.01. The van der Waals surface area contributed by atoms with E-state index in [2.05, 4.69) is 18.4 Å². The van der Waals surface area contributed by atoms with E-state index in [-0.39, 0.29) is 63.5 Å². The maximum atomic E-state index is 7.98. The van der Waals surface area contributed by atoms with Crippen LogP contribution < -0.4 is 51.4 Å². The molecule has 2 N–H and O–H groups in total. The van der Waals surface area contributed by atoms with Crippen molar-refractivity contribution in [2.75, 3.05) is 6.61 Å². The van der Waals surface area contributed by atoms with Crippen LogP contribution in [0.1, 0.15) is 0 Å². The molecule has 0 aromatic rings. The van der Waals surface area contributed by atoms with Crippen LogP contribution in [0.15, 0.2) is 12.7 Å². The Labute approximate surface area is 91.7 Å². The fourth-order valence-corrected chi connectivity index (χ4v) is 0.118. The van der Waals surface area contributed by atoms with Crippen LogP contribution in [0.3, 0.4) is 0 Å². The van der Waals surface area contributed by atoms with E-state index in [9.17, 15) is 0 Å². The molecule has 0 aromatic heterocycles. The van der Waals surface area contributed by atoms with Crippen molar-refractivity contribution < 1.29 is 62.0 Å². The topological polar surface area (TPSA) is 50.2 Å². The van der Waals surface area contributed by atoms with Crippen molar-refractivity contribution >= 4 is 0 Å². The number of allylic oxidation sites excluding steroid dienone is 1. The van der Waals surface area contributed by atoms with Crippen molar-refractivity contribution in [2.45, 2.75) is 0 Å². The maximum Gasteiger partial charge on any atom is 1.00 e. The Kier molecular flexibility index (Phi) is 31.2. The summed E-state index contributed by atoms with van der Waals surface area (Å²) in [5.74, 6) is 4.85. The second-order valence-electron chi connectivity index (χ2n) is 0.683. The molecule has 0 aliphatic carbocycles. The van der Waals surface area contributed by atoms with Crippen molar-refractivity contribution in [1.29, 1.82) is 0 Å². The van der Waals surface area contributed by atoms with Crippen LogP contribution in [0, 0.1) is 11.8 Å². The standard InChI is InChI=1S/C5H6O.K.H2O/c1-2-3-4-5-6;;/h2,6H,1,5H2;;1H2/q;+1;/p-1. The molecule has 0 fully saturated rings.